The highest BCUT2D eigenvalue weighted by atomic mass is 15.0. The lowest BCUT2D eigenvalue weighted by Gasteiger charge is -2.08. The summed E-state index contributed by atoms with van der Waals surface area (Å²) in [7, 11) is 0. The van der Waals surface area contributed by atoms with E-state index >= 15 is 0 Å². The van der Waals surface area contributed by atoms with Crippen LogP contribution in [0.1, 0.15) is 19.5 Å². The van der Waals surface area contributed by atoms with E-state index in [2.05, 4.69) is 28.5 Å². The van der Waals surface area contributed by atoms with Crippen LogP contribution in [0.3, 0.4) is 0 Å². The average Bonchev–Trinajstić information content (AvgIpc) is 2.17. The molecule has 0 radical (unpaired) electrons. The monoisotopic (exact) mass is 201 g/mol. The summed E-state index contributed by atoms with van der Waals surface area (Å²) in [5, 5.41) is 3.06. The third kappa shape index (κ3) is 3.77. The van der Waals surface area contributed by atoms with E-state index < -0.39 is 0 Å². The van der Waals surface area contributed by atoms with E-state index in [-0.39, 0.29) is 0 Å². The van der Waals surface area contributed by atoms with Crippen LogP contribution in [-0.2, 0) is 0 Å². The summed E-state index contributed by atoms with van der Waals surface area (Å²) < 4.78 is 0. The Morgan fingerprint density at radius 3 is 2.53 bits per heavy atom. The van der Waals surface area contributed by atoms with E-state index in [0.29, 0.717) is 5.84 Å². The van der Waals surface area contributed by atoms with Gasteiger partial charge >= 0.3 is 0 Å². The molecule has 1 N–H and O–H groups in total. The summed E-state index contributed by atoms with van der Waals surface area (Å²) in [6, 6.07) is 5.66. The van der Waals surface area contributed by atoms with E-state index in [4.69, 9.17) is 0 Å². The van der Waals surface area contributed by atoms with Gasteiger partial charge in [-0.3, -0.25) is 4.98 Å². The average molecular weight is 201 g/mol. The number of hydrogen-bond acceptors (Lipinski definition) is 2. The van der Waals surface area contributed by atoms with Crippen molar-refractivity contribution in [3.63, 3.8) is 0 Å². The molecule has 1 rings (SSSR count). The fourth-order valence-corrected chi connectivity index (χ4v) is 1.05. The van der Waals surface area contributed by atoms with Gasteiger partial charge in [-0.25, -0.2) is 4.99 Å². The van der Waals surface area contributed by atoms with Gasteiger partial charge in [0.05, 0.1) is 0 Å². The lowest BCUT2D eigenvalue weighted by molar-refractivity contribution is 1.09. The molecule has 0 amide bonds. The minimum atomic E-state index is 0.676. The van der Waals surface area contributed by atoms with Gasteiger partial charge in [0.25, 0.3) is 0 Å². The molecule has 1 aromatic heterocycles. The molecule has 0 saturated carbocycles. The fourth-order valence-electron chi connectivity index (χ4n) is 1.05. The second kappa shape index (κ2) is 5.10. The number of nitrogens with zero attached hydrogens (tertiary/aromatic N) is 2. The Balaban J connectivity index is 3.02. The Morgan fingerprint density at radius 1 is 1.33 bits per heavy atom. The first-order valence-electron chi connectivity index (χ1n) is 4.67. The Kier molecular flexibility index (Phi) is 3.80. The highest BCUT2D eigenvalue weighted by molar-refractivity contribution is 5.98. The topological polar surface area (TPSA) is 37.3 Å². The highest BCUT2D eigenvalue weighted by Crippen LogP contribution is 2.00. The van der Waals surface area contributed by atoms with Crippen LogP contribution >= 0.6 is 0 Å². The molecule has 0 unspecified atom stereocenters. The quantitative estimate of drug-likeness (QED) is 0.602. The van der Waals surface area contributed by atoms with Crippen molar-refractivity contribution < 1.29 is 0 Å². The van der Waals surface area contributed by atoms with Crippen molar-refractivity contribution in [2.24, 2.45) is 4.99 Å². The summed E-state index contributed by atoms with van der Waals surface area (Å²) in [6.45, 7) is 11.2. The minimum absolute atomic E-state index is 0.676. The predicted octanol–water partition coefficient (Wildman–Crippen LogP) is 2.49. The van der Waals surface area contributed by atoms with E-state index in [1.165, 1.54) is 0 Å². The molecule has 0 atom stereocenters. The first kappa shape index (κ1) is 11.2. The van der Waals surface area contributed by atoms with Gasteiger partial charge < -0.3 is 5.32 Å². The number of allylic oxidation sites excluding steroid dienone is 2. The third-order valence-electron chi connectivity index (χ3n) is 1.54. The van der Waals surface area contributed by atoms with Gasteiger partial charge in [0.15, 0.2) is 5.84 Å². The molecule has 3 nitrogen and oxygen atoms in total. The Bertz CT molecular complexity index is 391. The summed E-state index contributed by atoms with van der Waals surface area (Å²) in [4.78, 5) is 8.48. The normalized spacial score (nSPS) is 10.9. The number of hydrogen-bond donors (Lipinski definition) is 1. The van der Waals surface area contributed by atoms with Gasteiger partial charge in [0.2, 0.25) is 0 Å². The molecular weight excluding hydrogens is 186 g/mol. The zero-order valence-electron chi connectivity index (χ0n) is 9.12. The molecule has 3 heteroatoms. The predicted molar refractivity (Wildman–Crippen MR) is 63.5 cm³/mol. The van der Waals surface area contributed by atoms with Crippen LogP contribution in [0.5, 0.6) is 0 Å². The van der Waals surface area contributed by atoms with Crippen molar-refractivity contribution in [1.29, 1.82) is 0 Å². The Morgan fingerprint density at radius 2 is 2.07 bits per heavy atom. The second-order valence-corrected chi connectivity index (χ2v) is 3.32. The molecule has 1 aromatic rings. The van der Waals surface area contributed by atoms with Crippen LogP contribution < -0.4 is 5.32 Å². The smallest absolute Gasteiger partial charge is 0.156 e. The van der Waals surface area contributed by atoms with Crippen LogP contribution in [0.2, 0.25) is 0 Å². The largest absolute Gasteiger partial charge is 0.343 e. The van der Waals surface area contributed by atoms with Crippen molar-refractivity contribution in [3.05, 3.63) is 54.6 Å². The lowest BCUT2D eigenvalue weighted by Crippen LogP contribution is -2.23. The molecule has 0 aliphatic rings. The van der Waals surface area contributed by atoms with Crippen molar-refractivity contribution in [2.75, 3.05) is 0 Å². The van der Waals surface area contributed by atoms with Crippen LogP contribution in [0, 0.1) is 0 Å². The molecule has 0 saturated heterocycles. The molecule has 0 spiro atoms. The van der Waals surface area contributed by atoms with Gasteiger partial charge in [-0.2, -0.15) is 0 Å². The number of pyridine rings is 1. The fraction of sp³-hybridized carbons (Fsp3) is 0.167. The zero-order valence-corrected chi connectivity index (χ0v) is 9.12. The van der Waals surface area contributed by atoms with Gasteiger partial charge in [-0.05, 0) is 26.0 Å². The molecule has 0 fully saturated rings. The third-order valence-corrected chi connectivity index (χ3v) is 1.54. The number of nitrogens with one attached hydrogen (secondary N) is 1. The first-order chi connectivity index (χ1) is 7.09. The zero-order chi connectivity index (χ0) is 11.3. The van der Waals surface area contributed by atoms with Crippen molar-refractivity contribution >= 4 is 5.84 Å². The SMILES string of the molecule is C=C(C)N=C(NC(=C)C)c1ccccn1. The summed E-state index contributed by atoms with van der Waals surface area (Å²) in [6.07, 6.45) is 1.73. The first-order valence-corrected chi connectivity index (χ1v) is 4.67. The number of aromatic nitrogens is 1. The molecular formula is C12H15N3. The maximum atomic E-state index is 4.28. The molecule has 78 valence electrons. The molecule has 0 bridgehead atoms. The van der Waals surface area contributed by atoms with E-state index in [0.717, 1.165) is 17.1 Å². The van der Waals surface area contributed by atoms with Gasteiger partial charge in [0, 0.05) is 17.6 Å². The van der Waals surface area contributed by atoms with E-state index in [1.807, 2.05) is 32.0 Å². The van der Waals surface area contributed by atoms with Crippen LogP contribution in [-0.4, -0.2) is 10.8 Å². The Labute approximate surface area is 90.3 Å². The summed E-state index contributed by atoms with van der Waals surface area (Å²) in [5.41, 5.74) is 2.33. The van der Waals surface area contributed by atoms with E-state index in [1.54, 1.807) is 6.20 Å². The van der Waals surface area contributed by atoms with Crippen LogP contribution in [0.25, 0.3) is 0 Å². The standard InChI is InChI=1S/C12H15N3/c1-9(2)14-12(15-10(3)4)11-7-5-6-8-13-11/h5-8H,1,3H2,2,4H3,(H,14,15). The van der Waals surface area contributed by atoms with Crippen molar-refractivity contribution in [3.8, 4) is 0 Å². The molecule has 0 aliphatic heterocycles. The molecule has 15 heavy (non-hydrogen) atoms. The Hall–Kier alpha value is -1.90. The molecule has 1 heterocycles. The molecule has 0 aliphatic carbocycles. The number of rotatable bonds is 3. The number of aliphatic imine (C=N–C) groups is 1. The van der Waals surface area contributed by atoms with Crippen molar-refractivity contribution in [2.45, 2.75) is 13.8 Å². The summed E-state index contributed by atoms with van der Waals surface area (Å²) >= 11 is 0. The van der Waals surface area contributed by atoms with Crippen LogP contribution in [0.4, 0.5) is 0 Å². The maximum absolute atomic E-state index is 4.28. The number of amidine groups is 1. The molecule has 0 aromatic carbocycles. The second-order valence-electron chi connectivity index (χ2n) is 3.32. The van der Waals surface area contributed by atoms with Gasteiger partial charge in [-0.1, -0.05) is 19.2 Å². The van der Waals surface area contributed by atoms with E-state index in [9.17, 15) is 0 Å². The van der Waals surface area contributed by atoms with Crippen LogP contribution in [0.15, 0.2) is 53.9 Å². The maximum Gasteiger partial charge on any atom is 0.156 e. The minimum Gasteiger partial charge on any atom is -0.343 e. The van der Waals surface area contributed by atoms with Gasteiger partial charge in [-0.15, -0.1) is 0 Å². The van der Waals surface area contributed by atoms with Crippen molar-refractivity contribution in [1.82, 2.24) is 10.3 Å². The van der Waals surface area contributed by atoms with Gasteiger partial charge in [0.1, 0.15) is 5.69 Å². The highest BCUT2D eigenvalue weighted by Gasteiger charge is 2.03. The summed E-state index contributed by atoms with van der Waals surface area (Å²) in [5.74, 6) is 0.676. The lowest BCUT2D eigenvalue weighted by atomic mass is 10.3.